The number of nitro groups is 1. The zero-order valence-corrected chi connectivity index (χ0v) is 13.7. The smallest absolute Gasteiger partial charge is 0.354 e. The van der Waals surface area contributed by atoms with Crippen molar-refractivity contribution in [3.05, 3.63) is 81.5 Å². The molecule has 0 bridgehead atoms. The highest BCUT2D eigenvalue weighted by Gasteiger charge is 2.27. The average molecular weight is 340 g/mol. The number of methoxy groups -OCH3 is 1. The average Bonchev–Trinajstić information content (AvgIpc) is 2.65. The Morgan fingerprint density at radius 2 is 1.68 bits per heavy atom. The maximum absolute atomic E-state index is 12.7. The maximum Gasteiger partial charge on any atom is 0.354 e. The molecular formula is C18H16N2O5. The van der Waals surface area contributed by atoms with E-state index in [1.165, 1.54) is 44.5 Å². The van der Waals surface area contributed by atoms with Crippen molar-refractivity contribution in [2.24, 2.45) is 0 Å². The summed E-state index contributed by atoms with van der Waals surface area (Å²) in [6.07, 6.45) is 1.48. The van der Waals surface area contributed by atoms with Gasteiger partial charge in [-0.2, -0.15) is 0 Å². The molecule has 0 atom stereocenters. The lowest BCUT2D eigenvalue weighted by atomic mass is 10.1. The number of esters is 1. The number of para-hydroxylation sites is 1. The second-order valence-corrected chi connectivity index (χ2v) is 5.07. The molecule has 0 radical (unpaired) electrons. The number of hydrogen-bond donors (Lipinski definition) is 0. The first-order valence-electron chi connectivity index (χ1n) is 7.32. The summed E-state index contributed by atoms with van der Waals surface area (Å²) in [6.45, 7) is 0. The van der Waals surface area contributed by atoms with Crippen molar-refractivity contribution in [2.75, 3.05) is 14.2 Å². The molecule has 2 aromatic carbocycles. The van der Waals surface area contributed by atoms with Gasteiger partial charge in [-0.1, -0.05) is 42.5 Å². The Hall–Kier alpha value is -3.48. The van der Waals surface area contributed by atoms with Crippen LogP contribution < -0.4 is 0 Å². The zero-order chi connectivity index (χ0) is 18.4. The van der Waals surface area contributed by atoms with Crippen LogP contribution >= 0.6 is 0 Å². The van der Waals surface area contributed by atoms with Crippen LogP contribution in [0.2, 0.25) is 0 Å². The number of amides is 1. The quantitative estimate of drug-likeness (QED) is 0.361. The zero-order valence-electron chi connectivity index (χ0n) is 13.7. The first kappa shape index (κ1) is 17.9. The van der Waals surface area contributed by atoms with Crippen LogP contribution in [-0.2, 0) is 9.53 Å². The van der Waals surface area contributed by atoms with Crippen LogP contribution in [0.3, 0.4) is 0 Å². The highest BCUT2D eigenvalue weighted by atomic mass is 16.6. The third-order valence-corrected chi connectivity index (χ3v) is 3.49. The minimum atomic E-state index is -0.724. The van der Waals surface area contributed by atoms with Crippen molar-refractivity contribution in [3.63, 3.8) is 0 Å². The third kappa shape index (κ3) is 4.08. The molecule has 0 spiro atoms. The normalized spacial score (nSPS) is 10.9. The molecule has 0 fully saturated rings. The number of rotatable bonds is 5. The molecule has 25 heavy (non-hydrogen) atoms. The molecule has 0 aliphatic rings. The number of likely N-dealkylation sites (N-methyl/N-ethyl adjacent to an activating group) is 1. The topological polar surface area (TPSA) is 89.8 Å². The first-order chi connectivity index (χ1) is 12.0. The molecular weight excluding hydrogens is 324 g/mol. The molecule has 0 saturated carbocycles. The highest BCUT2D eigenvalue weighted by molar-refractivity contribution is 6.05. The Morgan fingerprint density at radius 1 is 1.08 bits per heavy atom. The predicted molar refractivity (Wildman–Crippen MR) is 91.6 cm³/mol. The van der Waals surface area contributed by atoms with Crippen molar-refractivity contribution >= 4 is 23.6 Å². The predicted octanol–water partition coefficient (Wildman–Crippen LogP) is 2.88. The summed E-state index contributed by atoms with van der Waals surface area (Å²) >= 11 is 0. The lowest BCUT2D eigenvalue weighted by molar-refractivity contribution is -0.385. The SMILES string of the molecule is COC(=O)/C(=C/c1ccccc1)N(C)C(=O)c1ccccc1[N+](=O)[O-]. The largest absolute Gasteiger partial charge is 0.464 e. The number of benzene rings is 2. The lowest BCUT2D eigenvalue weighted by Gasteiger charge is -2.19. The van der Waals surface area contributed by atoms with Crippen LogP contribution in [-0.4, -0.2) is 35.9 Å². The molecule has 0 N–H and O–H groups in total. The molecule has 128 valence electrons. The van der Waals surface area contributed by atoms with Gasteiger partial charge in [-0.25, -0.2) is 4.79 Å². The molecule has 0 heterocycles. The summed E-state index contributed by atoms with van der Waals surface area (Å²) in [5.41, 5.74) is 0.211. The van der Waals surface area contributed by atoms with Gasteiger partial charge in [0.1, 0.15) is 11.3 Å². The summed E-state index contributed by atoms with van der Waals surface area (Å²) in [7, 11) is 2.56. The molecule has 2 rings (SSSR count). The van der Waals surface area contributed by atoms with E-state index < -0.39 is 16.8 Å². The van der Waals surface area contributed by atoms with E-state index >= 15 is 0 Å². The van der Waals surface area contributed by atoms with Crippen LogP contribution in [0.1, 0.15) is 15.9 Å². The fraction of sp³-hybridized carbons (Fsp3) is 0.111. The monoisotopic (exact) mass is 340 g/mol. The second-order valence-electron chi connectivity index (χ2n) is 5.07. The van der Waals surface area contributed by atoms with E-state index in [0.717, 1.165) is 4.90 Å². The van der Waals surface area contributed by atoms with Crippen molar-refractivity contribution in [3.8, 4) is 0 Å². The highest BCUT2D eigenvalue weighted by Crippen LogP contribution is 2.22. The number of nitrogens with zero attached hydrogens (tertiary/aromatic N) is 2. The van der Waals surface area contributed by atoms with E-state index in [9.17, 15) is 19.7 Å². The van der Waals surface area contributed by atoms with E-state index in [-0.39, 0.29) is 16.9 Å². The number of ether oxygens (including phenoxy) is 1. The third-order valence-electron chi connectivity index (χ3n) is 3.49. The molecule has 1 amide bonds. The lowest BCUT2D eigenvalue weighted by Crippen LogP contribution is -2.31. The summed E-state index contributed by atoms with van der Waals surface area (Å²) in [4.78, 5) is 36.3. The molecule has 0 aromatic heterocycles. The number of carbonyl (C=O) groups is 2. The fourth-order valence-electron chi connectivity index (χ4n) is 2.21. The number of nitro benzene ring substituents is 1. The van der Waals surface area contributed by atoms with Crippen LogP contribution in [0, 0.1) is 10.1 Å². The molecule has 0 aliphatic carbocycles. The number of hydrogen-bond acceptors (Lipinski definition) is 5. The van der Waals surface area contributed by atoms with E-state index in [1.807, 2.05) is 6.07 Å². The standard InChI is InChI=1S/C18H16N2O5/c1-19(17(21)14-10-6-7-11-15(14)20(23)24)16(18(22)25-2)12-13-8-4-3-5-9-13/h3-12H,1-2H3/b16-12-. The van der Waals surface area contributed by atoms with Crippen LogP contribution in [0.5, 0.6) is 0 Å². The van der Waals surface area contributed by atoms with E-state index in [2.05, 4.69) is 0 Å². The van der Waals surface area contributed by atoms with Crippen molar-refractivity contribution in [1.29, 1.82) is 0 Å². The van der Waals surface area contributed by atoms with Gasteiger partial charge in [0.15, 0.2) is 0 Å². The summed E-state index contributed by atoms with van der Waals surface area (Å²) in [5, 5.41) is 11.1. The van der Waals surface area contributed by atoms with Crippen LogP contribution in [0.4, 0.5) is 5.69 Å². The van der Waals surface area contributed by atoms with Gasteiger partial charge in [-0.15, -0.1) is 0 Å². The Labute approximate surface area is 144 Å². The second kappa shape index (κ2) is 7.87. The van der Waals surface area contributed by atoms with Crippen molar-refractivity contribution < 1.29 is 19.2 Å². The van der Waals surface area contributed by atoms with E-state index in [0.29, 0.717) is 5.56 Å². The summed E-state index contributed by atoms with van der Waals surface area (Å²) in [5.74, 6) is -1.40. The van der Waals surface area contributed by atoms with Crippen molar-refractivity contribution in [2.45, 2.75) is 0 Å². The van der Waals surface area contributed by atoms with Gasteiger partial charge in [-0.05, 0) is 17.7 Å². The first-order valence-corrected chi connectivity index (χ1v) is 7.32. The summed E-state index contributed by atoms with van der Waals surface area (Å²) < 4.78 is 4.73. The molecule has 7 heteroatoms. The van der Waals surface area contributed by atoms with Crippen molar-refractivity contribution in [1.82, 2.24) is 4.90 Å². The minimum absolute atomic E-state index is 0.0307. The van der Waals surface area contributed by atoms with Gasteiger partial charge in [0.25, 0.3) is 11.6 Å². The van der Waals surface area contributed by atoms with Gasteiger partial charge in [0, 0.05) is 13.1 Å². The van der Waals surface area contributed by atoms with E-state index in [4.69, 9.17) is 4.74 Å². The molecule has 7 nitrogen and oxygen atoms in total. The van der Waals surface area contributed by atoms with Gasteiger partial charge in [-0.3, -0.25) is 14.9 Å². The molecule has 0 unspecified atom stereocenters. The molecule has 2 aromatic rings. The number of carbonyl (C=O) groups excluding carboxylic acids is 2. The van der Waals surface area contributed by atoms with Gasteiger partial charge >= 0.3 is 5.97 Å². The van der Waals surface area contributed by atoms with Crippen LogP contribution in [0.25, 0.3) is 6.08 Å². The van der Waals surface area contributed by atoms with Gasteiger partial charge in [0.05, 0.1) is 12.0 Å². The maximum atomic E-state index is 12.7. The Balaban J connectivity index is 2.45. The Bertz CT molecular complexity index is 830. The molecule has 0 saturated heterocycles. The molecule has 0 aliphatic heterocycles. The van der Waals surface area contributed by atoms with Gasteiger partial charge in [0.2, 0.25) is 0 Å². The fourth-order valence-corrected chi connectivity index (χ4v) is 2.21. The summed E-state index contributed by atoms with van der Waals surface area (Å²) in [6, 6.07) is 14.5. The van der Waals surface area contributed by atoms with Crippen LogP contribution in [0.15, 0.2) is 60.3 Å². The minimum Gasteiger partial charge on any atom is -0.464 e. The van der Waals surface area contributed by atoms with E-state index in [1.54, 1.807) is 24.3 Å². The van der Waals surface area contributed by atoms with Gasteiger partial charge < -0.3 is 9.64 Å². The Morgan fingerprint density at radius 3 is 2.28 bits per heavy atom. The Kier molecular flexibility index (Phi) is 5.62.